The lowest BCUT2D eigenvalue weighted by atomic mass is 9.74. The molecule has 0 aliphatic carbocycles. The average molecular weight is 271 g/mol. The Morgan fingerprint density at radius 3 is 1.58 bits per heavy atom. The van der Waals surface area contributed by atoms with Gasteiger partial charge in [-0.2, -0.15) is 0 Å². The molecule has 0 radical (unpaired) electrons. The summed E-state index contributed by atoms with van der Waals surface area (Å²) >= 11 is 0. The van der Waals surface area contributed by atoms with E-state index in [1.165, 1.54) is 38.5 Å². The van der Waals surface area contributed by atoms with Gasteiger partial charge >= 0.3 is 0 Å². The van der Waals surface area contributed by atoms with Crippen molar-refractivity contribution in [1.29, 1.82) is 0 Å². The van der Waals surface area contributed by atoms with Crippen LogP contribution in [0.15, 0.2) is 0 Å². The largest absolute Gasteiger partial charge is 0.396 e. The van der Waals surface area contributed by atoms with Gasteiger partial charge in [0.1, 0.15) is 0 Å². The van der Waals surface area contributed by atoms with E-state index >= 15 is 0 Å². The molecule has 1 nitrogen and oxygen atoms in total. The minimum absolute atomic E-state index is 0.345. The van der Waals surface area contributed by atoms with Crippen molar-refractivity contribution >= 4 is 0 Å². The molecule has 0 spiro atoms. The predicted molar refractivity (Wildman–Crippen MR) is 86.3 cm³/mol. The first-order valence-corrected chi connectivity index (χ1v) is 8.66. The van der Waals surface area contributed by atoms with Crippen molar-refractivity contribution in [3.05, 3.63) is 0 Å². The van der Waals surface area contributed by atoms with Crippen LogP contribution in [-0.2, 0) is 0 Å². The van der Waals surface area contributed by atoms with E-state index in [4.69, 9.17) is 0 Å². The first-order chi connectivity index (χ1) is 9.05. The SMILES string of the molecule is CCC(C)C(CC)C(CC)CCC(CC)C(C)CO. The summed E-state index contributed by atoms with van der Waals surface area (Å²) in [5.74, 6) is 3.78. The third kappa shape index (κ3) is 6.29. The summed E-state index contributed by atoms with van der Waals surface area (Å²) in [5.41, 5.74) is 0. The van der Waals surface area contributed by atoms with Gasteiger partial charge in [-0.25, -0.2) is 0 Å². The predicted octanol–water partition coefficient (Wildman–Crippen LogP) is 5.52. The molecule has 0 saturated heterocycles. The van der Waals surface area contributed by atoms with Crippen molar-refractivity contribution in [2.24, 2.45) is 29.6 Å². The van der Waals surface area contributed by atoms with Crippen LogP contribution >= 0.6 is 0 Å². The van der Waals surface area contributed by atoms with Gasteiger partial charge in [0.2, 0.25) is 0 Å². The van der Waals surface area contributed by atoms with E-state index in [0.29, 0.717) is 18.4 Å². The zero-order valence-corrected chi connectivity index (χ0v) is 14.3. The van der Waals surface area contributed by atoms with Crippen molar-refractivity contribution in [2.45, 2.75) is 80.1 Å². The van der Waals surface area contributed by atoms with E-state index < -0.39 is 0 Å². The monoisotopic (exact) mass is 270 g/mol. The number of aliphatic hydroxyl groups excluding tert-OH is 1. The van der Waals surface area contributed by atoms with Gasteiger partial charge in [-0.3, -0.25) is 0 Å². The van der Waals surface area contributed by atoms with Crippen LogP contribution < -0.4 is 0 Å². The Labute approximate surface area is 122 Å². The second-order valence-corrected chi connectivity index (χ2v) is 6.53. The smallest absolute Gasteiger partial charge is 0.0459 e. The Balaban J connectivity index is 4.45. The maximum Gasteiger partial charge on any atom is 0.0459 e. The molecule has 0 aliphatic rings. The Hall–Kier alpha value is -0.0400. The van der Waals surface area contributed by atoms with E-state index in [0.717, 1.165) is 17.8 Å². The number of hydrogen-bond donors (Lipinski definition) is 1. The molecule has 0 aromatic heterocycles. The Bertz CT molecular complexity index is 202. The van der Waals surface area contributed by atoms with Crippen molar-refractivity contribution < 1.29 is 5.11 Å². The summed E-state index contributed by atoms with van der Waals surface area (Å²) in [7, 11) is 0. The quantitative estimate of drug-likeness (QED) is 0.524. The molecule has 0 heterocycles. The van der Waals surface area contributed by atoms with Crippen LogP contribution in [0.2, 0.25) is 0 Å². The summed E-state index contributed by atoms with van der Waals surface area (Å²) in [6, 6.07) is 0. The molecule has 0 rings (SSSR count). The Morgan fingerprint density at radius 2 is 1.21 bits per heavy atom. The van der Waals surface area contributed by atoms with Crippen LogP contribution in [0.5, 0.6) is 0 Å². The molecule has 0 aromatic carbocycles. The van der Waals surface area contributed by atoms with E-state index in [9.17, 15) is 5.11 Å². The maximum atomic E-state index is 9.34. The zero-order chi connectivity index (χ0) is 14.8. The van der Waals surface area contributed by atoms with Crippen LogP contribution in [-0.4, -0.2) is 11.7 Å². The lowest BCUT2D eigenvalue weighted by Crippen LogP contribution is -2.23. The van der Waals surface area contributed by atoms with Gasteiger partial charge in [-0.1, -0.05) is 67.2 Å². The molecule has 5 unspecified atom stereocenters. The molecular formula is C18H38O. The number of aliphatic hydroxyl groups is 1. The molecule has 0 amide bonds. The molecule has 0 aromatic rings. The van der Waals surface area contributed by atoms with Crippen LogP contribution in [0.3, 0.4) is 0 Å². The molecule has 0 aliphatic heterocycles. The molecule has 0 bridgehead atoms. The molecule has 0 fully saturated rings. The third-order valence-corrected chi connectivity index (χ3v) is 5.50. The first kappa shape index (κ1) is 19.0. The zero-order valence-electron chi connectivity index (χ0n) is 14.3. The molecule has 1 N–H and O–H groups in total. The van der Waals surface area contributed by atoms with Gasteiger partial charge in [0.25, 0.3) is 0 Å². The van der Waals surface area contributed by atoms with Crippen LogP contribution in [0, 0.1) is 29.6 Å². The summed E-state index contributed by atoms with van der Waals surface area (Å²) in [6.07, 6.45) is 7.79. The van der Waals surface area contributed by atoms with Gasteiger partial charge in [-0.15, -0.1) is 0 Å². The standard InChI is InChI=1S/C18H38O/c1-7-14(5)18(10-4)17(9-3)12-11-16(8-2)15(6)13-19/h14-19H,7-13H2,1-6H3. The van der Waals surface area contributed by atoms with Gasteiger partial charge in [0, 0.05) is 6.61 Å². The van der Waals surface area contributed by atoms with E-state index in [1.54, 1.807) is 0 Å². The highest BCUT2D eigenvalue weighted by Crippen LogP contribution is 2.34. The molecular weight excluding hydrogens is 232 g/mol. The topological polar surface area (TPSA) is 20.2 Å². The minimum atomic E-state index is 0.345. The van der Waals surface area contributed by atoms with E-state index in [-0.39, 0.29) is 0 Å². The second kappa shape index (κ2) is 10.7. The summed E-state index contributed by atoms with van der Waals surface area (Å²) in [5, 5.41) is 9.34. The fourth-order valence-corrected chi connectivity index (χ4v) is 3.69. The van der Waals surface area contributed by atoms with E-state index in [1.807, 2.05) is 0 Å². The maximum absolute atomic E-state index is 9.34. The van der Waals surface area contributed by atoms with E-state index in [2.05, 4.69) is 41.5 Å². The fourth-order valence-electron chi connectivity index (χ4n) is 3.69. The second-order valence-electron chi connectivity index (χ2n) is 6.53. The molecule has 1 heteroatoms. The number of rotatable bonds is 11. The molecule has 116 valence electrons. The molecule has 19 heavy (non-hydrogen) atoms. The summed E-state index contributed by atoms with van der Waals surface area (Å²) in [6.45, 7) is 14.3. The minimum Gasteiger partial charge on any atom is -0.396 e. The third-order valence-electron chi connectivity index (χ3n) is 5.50. The summed E-state index contributed by atoms with van der Waals surface area (Å²) < 4.78 is 0. The number of hydrogen-bond acceptors (Lipinski definition) is 1. The van der Waals surface area contributed by atoms with Crippen molar-refractivity contribution in [3.8, 4) is 0 Å². The normalized spacial score (nSPS) is 19.7. The summed E-state index contributed by atoms with van der Waals surface area (Å²) in [4.78, 5) is 0. The van der Waals surface area contributed by atoms with Crippen molar-refractivity contribution in [1.82, 2.24) is 0 Å². The van der Waals surface area contributed by atoms with Crippen LogP contribution in [0.25, 0.3) is 0 Å². The highest BCUT2D eigenvalue weighted by molar-refractivity contribution is 4.75. The van der Waals surface area contributed by atoms with Gasteiger partial charge in [0.05, 0.1) is 0 Å². The Kier molecular flexibility index (Phi) is 10.7. The van der Waals surface area contributed by atoms with Gasteiger partial charge in [-0.05, 0) is 42.4 Å². The van der Waals surface area contributed by atoms with Crippen LogP contribution in [0.1, 0.15) is 80.1 Å². The average Bonchev–Trinajstić information content (AvgIpc) is 2.45. The first-order valence-electron chi connectivity index (χ1n) is 8.66. The molecule has 5 atom stereocenters. The fraction of sp³-hybridized carbons (Fsp3) is 1.00. The lowest BCUT2D eigenvalue weighted by molar-refractivity contribution is 0.154. The highest BCUT2D eigenvalue weighted by atomic mass is 16.3. The van der Waals surface area contributed by atoms with Crippen LogP contribution in [0.4, 0.5) is 0 Å². The lowest BCUT2D eigenvalue weighted by Gasteiger charge is -2.32. The molecule has 0 saturated carbocycles. The Morgan fingerprint density at radius 1 is 0.684 bits per heavy atom. The van der Waals surface area contributed by atoms with Crippen molar-refractivity contribution in [2.75, 3.05) is 6.61 Å². The van der Waals surface area contributed by atoms with Gasteiger partial charge < -0.3 is 5.11 Å². The highest BCUT2D eigenvalue weighted by Gasteiger charge is 2.24. The van der Waals surface area contributed by atoms with Crippen molar-refractivity contribution in [3.63, 3.8) is 0 Å². The van der Waals surface area contributed by atoms with Gasteiger partial charge in [0.15, 0.2) is 0 Å².